The summed E-state index contributed by atoms with van der Waals surface area (Å²) in [6.45, 7) is 2.82. The van der Waals surface area contributed by atoms with Crippen LogP contribution in [0.5, 0.6) is 0 Å². The van der Waals surface area contributed by atoms with Crippen LogP contribution in [0.4, 0.5) is 5.82 Å². The van der Waals surface area contributed by atoms with Crippen molar-refractivity contribution in [2.24, 2.45) is 0 Å². The number of aromatic nitrogens is 2. The van der Waals surface area contributed by atoms with Crippen LogP contribution in [-0.4, -0.2) is 17.0 Å². The molecule has 0 atom stereocenters. The number of thiazole rings is 1. The Morgan fingerprint density at radius 3 is 2.76 bits per heavy atom. The molecule has 2 rings (SSSR count). The molecule has 0 N–H and O–H groups in total. The number of alkyl halides is 1. The van der Waals surface area contributed by atoms with Crippen molar-refractivity contribution in [1.29, 1.82) is 0 Å². The normalized spacial score (nSPS) is 10.5. The summed E-state index contributed by atoms with van der Waals surface area (Å²) in [5.74, 6) is 0.973. The summed E-state index contributed by atoms with van der Waals surface area (Å²) < 4.78 is 0. The molecule has 2 aromatic heterocycles. The highest BCUT2D eigenvalue weighted by Crippen LogP contribution is 2.15. The zero-order valence-corrected chi connectivity index (χ0v) is 12.3. The van der Waals surface area contributed by atoms with Gasteiger partial charge in [0.15, 0.2) is 0 Å². The van der Waals surface area contributed by atoms with Crippen molar-refractivity contribution in [3.8, 4) is 0 Å². The summed E-state index contributed by atoms with van der Waals surface area (Å²) in [6.07, 6.45) is 1.90. The number of pyridine rings is 1. The Labute approximate surface area is 114 Å². The fourth-order valence-electron chi connectivity index (χ4n) is 1.53. The van der Waals surface area contributed by atoms with E-state index in [-0.39, 0.29) is 0 Å². The van der Waals surface area contributed by atoms with E-state index in [1.165, 1.54) is 5.56 Å². The van der Waals surface area contributed by atoms with Gasteiger partial charge < -0.3 is 4.90 Å². The lowest BCUT2D eigenvalue weighted by Gasteiger charge is -2.16. The van der Waals surface area contributed by atoms with Gasteiger partial charge in [-0.15, -0.1) is 11.3 Å². The van der Waals surface area contributed by atoms with Crippen LogP contribution in [0.25, 0.3) is 0 Å². The molecule has 0 saturated carbocycles. The lowest BCUT2D eigenvalue weighted by Crippen LogP contribution is -2.17. The van der Waals surface area contributed by atoms with E-state index in [1.807, 2.05) is 26.2 Å². The standard InChI is InChI=1S/C12H14BrN3S/c1-9-15-11(8-17-9)7-16(2)12-4-3-10(5-13)6-14-12/h3-4,6,8H,5,7H2,1-2H3. The smallest absolute Gasteiger partial charge is 0.128 e. The predicted molar refractivity (Wildman–Crippen MR) is 75.8 cm³/mol. The number of anilines is 1. The summed E-state index contributed by atoms with van der Waals surface area (Å²) in [5.41, 5.74) is 2.29. The Kier molecular flexibility index (Phi) is 4.12. The summed E-state index contributed by atoms with van der Waals surface area (Å²) in [4.78, 5) is 11.0. The Balaban J connectivity index is 2.06. The number of halogens is 1. The summed E-state index contributed by atoms with van der Waals surface area (Å²) in [5, 5.41) is 4.05. The molecule has 5 heteroatoms. The van der Waals surface area contributed by atoms with Crippen molar-refractivity contribution in [1.82, 2.24) is 9.97 Å². The highest BCUT2D eigenvalue weighted by molar-refractivity contribution is 9.08. The van der Waals surface area contributed by atoms with Crippen molar-refractivity contribution >= 4 is 33.1 Å². The van der Waals surface area contributed by atoms with Crippen molar-refractivity contribution in [2.75, 3.05) is 11.9 Å². The van der Waals surface area contributed by atoms with Gasteiger partial charge in [0.05, 0.1) is 17.2 Å². The quantitative estimate of drug-likeness (QED) is 0.811. The van der Waals surface area contributed by atoms with Gasteiger partial charge in [-0.25, -0.2) is 9.97 Å². The first-order chi connectivity index (χ1) is 8.19. The maximum atomic E-state index is 4.45. The van der Waals surface area contributed by atoms with Gasteiger partial charge in [0.2, 0.25) is 0 Å². The molecule has 3 nitrogen and oxygen atoms in total. The van der Waals surface area contributed by atoms with Gasteiger partial charge in [-0.1, -0.05) is 22.0 Å². The molecule has 0 spiro atoms. The third-order valence-electron chi connectivity index (χ3n) is 2.42. The zero-order valence-electron chi connectivity index (χ0n) is 9.85. The monoisotopic (exact) mass is 311 g/mol. The van der Waals surface area contributed by atoms with Crippen molar-refractivity contribution in [2.45, 2.75) is 18.8 Å². The van der Waals surface area contributed by atoms with Gasteiger partial charge in [-0.2, -0.15) is 0 Å². The van der Waals surface area contributed by atoms with Crippen molar-refractivity contribution < 1.29 is 0 Å². The third kappa shape index (κ3) is 3.26. The Hall–Kier alpha value is -0.940. The van der Waals surface area contributed by atoms with E-state index in [1.54, 1.807) is 11.3 Å². The third-order valence-corrected chi connectivity index (χ3v) is 3.89. The number of hydrogen-bond donors (Lipinski definition) is 0. The van der Waals surface area contributed by atoms with Crippen LogP contribution in [0, 0.1) is 6.92 Å². The average molecular weight is 312 g/mol. The zero-order chi connectivity index (χ0) is 12.3. The predicted octanol–water partition coefficient (Wildman–Crippen LogP) is 3.38. The molecule has 17 heavy (non-hydrogen) atoms. The van der Waals surface area contributed by atoms with Crippen LogP contribution < -0.4 is 4.90 Å². The van der Waals surface area contributed by atoms with Gasteiger partial charge in [0.1, 0.15) is 5.82 Å². The number of nitrogens with zero attached hydrogens (tertiary/aromatic N) is 3. The summed E-state index contributed by atoms with van der Waals surface area (Å²) >= 11 is 5.10. The second-order valence-corrected chi connectivity index (χ2v) is 5.50. The molecule has 0 fully saturated rings. The molecular formula is C12H14BrN3S. The molecule has 0 aromatic carbocycles. The SMILES string of the molecule is Cc1nc(CN(C)c2ccc(CBr)cn2)cs1. The van der Waals surface area contributed by atoms with Crippen molar-refractivity contribution in [3.05, 3.63) is 40.0 Å². The minimum absolute atomic E-state index is 0.797. The molecule has 2 aromatic rings. The van der Waals surface area contributed by atoms with Gasteiger partial charge in [0, 0.05) is 24.0 Å². The molecular weight excluding hydrogens is 298 g/mol. The number of hydrogen-bond acceptors (Lipinski definition) is 4. The highest BCUT2D eigenvalue weighted by atomic mass is 79.9. The van der Waals surface area contributed by atoms with E-state index >= 15 is 0 Å². The van der Waals surface area contributed by atoms with Gasteiger partial charge >= 0.3 is 0 Å². The first kappa shape index (κ1) is 12.5. The van der Waals surface area contributed by atoms with E-state index in [0.29, 0.717) is 0 Å². The topological polar surface area (TPSA) is 29.0 Å². The van der Waals surface area contributed by atoms with Crippen LogP contribution in [0.1, 0.15) is 16.3 Å². The first-order valence-electron chi connectivity index (χ1n) is 5.32. The lowest BCUT2D eigenvalue weighted by atomic mass is 10.3. The van der Waals surface area contributed by atoms with Gasteiger partial charge in [0.25, 0.3) is 0 Å². The van der Waals surface area contributed by atoms with E-state index in [9.17, 15) is 0 Å². The van der Waals surface area contributed by atoms with Crippen LogP contribution in [-0.2, 0) is 11.9 Å². The summed E-state index contributed by atoms with van der Waals surface area (Å²) in [6, 6.07) is 4.12. The van der Waals surface area contributed by atoms with Crippen LogP contribution in [0.15, 0.2) is 23.7 Å². The van der Waals surface area contributed by atoms with Gasteiger partial charge in [-0.3, -0.25) is 0 Å². The second-order valence-electron chi connectivity index (χ2n) is 3.87. The molecule has 0 saturated heterocycles. The fourth-order valence-corrected chi connectivity index (χ4v) is 2.46. The second kappa shape index (κ2) is 5.60. The number of aryl methyl sites for hydroxylation is 1. The molecule has 0 amide bonds. The molecule has 0 unspecified atom stereocenters. The summed E-state index contributed by atoms with van der Waals surface area (Å²) in [7, 11) is 2.03. The Bertz CT molecular complexity index is 481. The van der Waals surface area contributed by atoms with E-state index in [2.05, 4.69) is 42.2 Å². The molecule has 0 bridgehead atoms. The largest absolute Gasteiger partial charge is 0.354 e. The van der Waals surface area contributed by atoms with E-state index < -0.39 is 0 Å². The number of rotatable bonds is 4. The minimum atomic E-state index is 0.797. The van der Waals surface area contributed by atoms with Crippen molar-refractivity contribution in [3.63, 3.8) is 0 Å². The van der Waals surface area contributed by atoms with E-state index in [0.717, 1.165) is 28.4 Å². The lowest BCUT2D eigenvalue weighted by molar-refractivity contribution is 0.869. The van der Waals surface area contributed by atoms with Crippen LogP contribution >= 0.6 is 27.3 Å². The maximum absolute atomic E-state index is 4.45. The maximum Gasteiger partial charge on any atom is 0.128 e. The fraction of sp³-hybridized carbons (Fsp3) is 0.333. The van der Waals surface area contributed by atoms with Crippen LogP contribution in [0.2, 0.25) is 0 Å². The van der Waals surface area contributed by atoms with E-state index in [4.69, 9.17) is 0 Å². The Morgan fingerprint density at radius 2 is 2.24 bits per heavy atom. The molecule has 2 heterocycles. The average Bonchev–Trinajstić information content (AvgIpc) is 2.75. The molecule has 0 aliphatic heterocycles. The molecule has 0 aliphatic carbocycles. The molecule has 0 aliphatic rings. The molecule has 90 valence electrons. The highest BCUT2D eigenvalue weighted by Gasteiger charge is 2.05. The first-order valence-corrected chi connectivity index (χ1v) is 7.32. The Morgan fingerprint density at radius 1 is 1.41 bits per heavy atom. The molecule has 0 radical (unpaired) electrons. The van der Waals surface area contributed by atoms with Crippen LogP contribution in [0.3, 0.4) is 0 Å². The minimum Gasteiger partial charge on any atom is -0.354 e. The van der Waals surface area contributed by atoms with Gasteiger partial charge in [-0.05, 0) is 18.6 Å².